The summed E-state index contributed by atoms with van der Waals surface area (Å²) in [6, 6.07) is 14.2. The monoisotopic (exact) mass is 357 g/mol. The van der Waals surface area contributed by atoms with Gasteiger partial charge in [-0.25, -0.2) is 0 Å². The van der Waals surface area contributed by atoms with Gasteiger partial charge in [-0.2, -0.15) is 0 Å². The number of aliphatic carboxylic acids is 1. The lowest BCUT2D eigenvalue weighted by molar-refractivity contribution is -0.137. The molecule has 0 bridgehead atoms. The van der Waals surface area contributed by atoms with Crippen molar-refractivity contribution in [2.45, 2.75) is 20.4 Å². The van der Waals surface area contributed by atoms with Gasteiger partial charge in [0.2, 0.25) is 0 Å². The number of carbonyl (C=O) groups is 2. The van der Waals surface area contributed by atoms with Crippen LogP contribution in [-0.4, -0.2) is 41.6 Å². The Morgan fingerprint density at radius 2 is 1.62 bits per heavy atom. The number of carbonyl (C=O) groups excluding carboxylic acids is 1. The number of carboxylic acid groups (broad SMARTS) is 1. The van der Waals surface area contributed by atoms with Gasteiger partial charge >= 0.3 is 5.97 Å². The third kappa shape index (κ3) is 5.24. The van der Waals surface area contributed by atoms with Gasteiger partial charge in [0.1, 0.15) is 6.54 Å². The first-order valence-corrected chi connectivity index (χ1v) is 8.49. The zero-order valence-electron chi connectivity index (χ0n) is 15.0. The summed E-state index contributed by atoms with van der Waals surface area (Å²) in [5, 5.41) is 9.17. The topological polar surface area (TPSA) is 76.1 Å². The highest BCUT2D eigenvalue weighted by molar-refractivity contribution is 5.96. The predicted octanol–water partition coefficient (Wildman–Crippen LogP) is 3.21. The molecule has 0 aliphatic heterocycles. The van der Waals surface area contributed by atoms with E-state index in [0.717, 1.165) is 5.56 Å². The largest absolute Gasteiger partial charge is 0.490 e. The van der Waals surface area contributed by atoms with Crippen LogP contribution < -0.4 is 9.47 Å². The SMILES string of the molecule is CCOc1ccc(C(=O)N(CC(=O)O)Cc2ccccc2)cc1OCC. The minimum absolute atomic E-state index is 0.211. The molecule has 6 nitrogen and oxygen atoms in total. The maximum atomic E-state index is 12.9. The van der Waals surface area contributed by atoms with E-state index in [0.29, 0.717) is 30.3 Å². The molecule has 0 unspecified atom stereocenters. The molecule has 6 heteroatoms. The molecule has 2 rings (SSSR count). The Morgan fingerprint density at radius 1 is 0.962 bits per heavy atom. The Labute approximate surface area is 153 Å². The van der Waals surface area contributed by atoms with E-state index in [-0.39, 0.29) is 19.0 Å². The molecule has 1 amide bonds. The second kappa shape index (κ2) is 9.46. The van der Waals surface area contributed by atoms with Crippen molar-refractivity contribution in [2.75, 3.05) is 19.8 Å². The van der Waals surface area contributed by atoms with Crippen LogP contribution in [0.5, 0.6) is 11.5 Å². The van der Waals surface area contributed by atoms with Crippen molar-refractivity contribution in [3.63, 3.8) is 0 Å². The van der Waals surface area contributed by atoms with E-state index < -0.39 is 5.97 Å². The Balaban J connectivity index is 2.28. The van der Waals surface area contributed by atoms with Crippen LogP contribution >= 0.6 is 0 Å². The fourth-order valence-corrected chi connectivity index (χ4v) is 2.53. The molecule has 0 saturated carbocycles. The number of nitrogens with zero attached hydrogens (tertiary/aromatic N) is 1. The van der Waals surface area contributed by atoms with Crippen LogP contribution in [0.1, 0.15) is 29.8 Å². The van der Waals surface area contributed by atoms with E-state index >= 15 is 0 Å². The van der Waals surface area contributed by atoms with Crippen molar-refractivity contribution in [3.05, 3.63) is 59.7 Å². The van der Waals surface area contributed by atoms with Crippen molar-refractivity contribution >= 4 is 11.9 Å². The first-order chi connectivity index (χ1) is 12.5. The van der Waals surface area contributed by atoms with Gasteiger partial charge < -0.3 is 19.5 Å². The number of carboxylic acids is 1. The van der Waals surface area contributed by atoms with E-state index in [1.54, 1.807) is 18.2 Å². The second-order valence-electron chi connectivity index (χ2n) is 5.57. The van der Waals surface area contributed by atoms with Gasteiger partial charge in [0, 0.05) is 12.1 Å². The maximum Gasteiger partial charge on any atom is 0.323 e. The molecule has 0 fully saturated rings. The van der Waals surface area contributed by atoms with Gasteiger partial charge in [-0.15, -0.1) is 0 Å². The Kier molecular flexibility index (Phi) is 7.02. The maximum absolute atomic E-state index is 12.9. The van der Waals surface area contributed by atoms with Crippen molar-refractivity contribution < 1.29 is 24.2 Å². The molecular formula is C20H23NO5. The van der Waals surface area contributed by atoms with Gasteiger partial charge in [0.05, 0.1) is 13.2 Å². The van der Waals surface area contributed by atoms with Crippen molar-refractivity contribution in [1.82, 2.24) is 4.90 Å². The average Bonchev–Trinajstić information content (AvgIpc) is 2.63. The number of hydrogen-bond acceptors (Lipinski definition) is 4. The summed E-state index contributed by atoms with van der Waals surface area (Å²) < 4.78 is 11.0. The normalized spacial score (nSPS) is 10.2. The second-order valence-corrected chi connectivity index (χ2v) is 5.57. The van der Waals surface area contributed by atoms with E-state index in [9.17, 15) is 14.7 Å². The number of hydrogen-bond donors (Lipinski definition) is 1. The highest BCUT2D eigenvalue weighted by Gasteiger charge is 2.20. The Morgan fingerprint density at radius 3 is 2.23 bits per heavy atom. The smallest absolute Gasteiger partial charge is 0.323 e. The summed E-state index contributed by atoms with van der Waals surface area (Å²) in [4.78, 5) is 25.4. The lowest BCUT2D eigenvalue weighted by atomic mass is 10.1. The van der Waals surface area contributed by atoms with Crippen LogP contribution in [0.3, 0.4) is 0 Å². The van der Waals surface area contributed by atoms with Crippen LogP contribution in [0.15, 0.2) is 48.5 Å². The van der Waals surface area contributed by atoms with E-state index in [2.05, 4.69) is 0 Å². The first-order valence-electron chi connectivity index (χ1n) is 8.49. The molecule has 0 saturated heterocycles. The summed E-state index contributed by atoms with van der Waals surface area (Å²) in [5.41, 5.74) is 1.21. The van der Waals surface area contributed by atoms with Crippen LogP contribution in [-0.2, 0) is 11.3 Å². The van der Waals surface area contributed by atoms with Crippen LogP contribution in [0.25, 0.3) is 0 Å². The minimum Gasteiger partial charge on any atom is -0.490 e. The molecular weight excluding hydrogens is 334 g/mol. The molecule has 1 N–H and O–H groups in total. The van der Waals surface area contributed by atoms with Crippen molar-refractivity contribution in [1.29, 1.82) is 0 Å². The molecule has 2 aromatic rings. The van der Waals surface area contributed by atoms with Crippen molar-refractivity contribution in [2.24, 2.45) is 0 Å². The highest BCUT2D eigenvalue weighted by Crippen LogP contribution is 2.29. The molecule has 2 aromatic carbocycles. The molecule has 0 aliphatic carbocycles. The molecule has 0 aliphatic rings. The third-order valence-corrected chi connectivity index (χ3v) is 3.62. The number of rotatable bonds is 9. The van der Waals surface area contributed by atoms with E-state index in [1.165, 1.54) is 4.90 Å². The Bertz CT molecular complexity index is 745. The standard InChI is InChI=1S/C20H23NO5/c1-3-25-17-11-10-16(12-18(17)26-4-2)20(24)21(14-19(22)23)13-15-8-6-5-7-9-15/h5-12H,3-4,13-14H2,1-2H3,(H,22,23). The summed E-state index contributed by atoms with van der Waals surface area (Å²) in [5.74, 6) is -0.417. The molecule has 0 heterocycles. The van der Waals surface area contributed by atoms with Gasteiger partial charge in [-0.05, 0) is 37.6 Å². The fraction of sp³-hybridized carbons (Fsp3) is 0.300. The predicted molar refractivity (Wildman–Crippen MR) is 97.6 cm³/mol. The summed E-state index contributed by atoms with van der Waals surface area (Å²) in [6.45, 7) is 4.45. The van der Waals surface area contributed by atoms with Gasteiger partial charge in [0.15, 0.2) is 11.5 Å². The molecule has 0 spiro atoms. The van der Waals surface area contributed by atoms with Gasteiger partial charge in [0.25, 0.3) is 5.91 Å². The lowest BCUT2D eigenvalue weighted by Gasteiger charge is -2.21. The highest BCUT2D eigenvalue weighted by atomic mass is 16.5. The molecule has 0 radical (unpaired) electrons. The first kappa shape index (κ1) is 19.3. The zero-order chi connectivity index (χ0) is 18.9. The molecule has 138 valence electrons. The van der Waals surface area contributed by atoms with Crippen molar-refractivity contribution in [3.8, 4) is 11.5 Å². The van der Waals surface area contributed by atoms with Crippen LogP contribution in [0.2, 0.25) is 0 Å². The van der Waals surface area contributed by atoms with Gasteiger partial charge in [-0.3, -0.25) is 9.59 Å². The third-order valence-electron chi connectivity index (χ3n) is 3.62. The lowest BCUT2D eigenvalue weighted by Crippen LogP contribution is -2.35. The zero-order valence-corrected chi connectivity index (χ0v) is 15.0. The van der Waals surface area contributed by atoms with E-state index in [1.807, 2.05) is 44.2 Å². The molecule has 26 heavy (non-hydrogen) atoms. The quantitative estimate of drug-likeness (QED) is 0.746. The number of ether oxygens (including phenoxy) is 2. The van der Waals surface area contributed by atoms with Gasteiger partial charge in [-0.1, -0.05) is 30.3 Å². The number of benzene rings is 2. The average molecular weight is 357 g/mol. The molecule has 0 aromatic heterocycles. The van der Waals surface area contributed by atoms with Crippen LogP contribution in [0, 0.1) is 0 Å². The summed E-state index contributed by atoms with van der Waals surface area (Å²) >= 11 is 0. The van der Waals surface area contributed by atoms with E-state index in [4.69, 9.17) is 9.47 Å². The fourth-order valence-electron chi connectivity index (χ4n) is 2.53. The Hall–Kier alpha value is -3.02. The number of amides is 1. The summed E-state index contributed by atoms with van der Waals surface area (Å²) in [7, 11) is 0. The van der Waals surface area contributed by atoms with Crippen LogP contribution in [0.4, 0.5) is 0 Å². The molecule has 0 atom stereocenters. The minimum atomic E-state index is -1.06. The summed E-state index contributed by atoms with van der Waals surface area (Å²) in [6.07, 6.45) is 0.